The molecule has 4 aromatic rings. The molecule has 26 heavy (non-hydrogen) atoms. The van der Waals surface area contributed by atoms with Gasteiger partial charge in [0.1, 0.15) is 11.8 Å². The minimum Gasteiger partial charge on any atom is -0.307 e. The van der Waals surface area contributed by atoms with Crippen LogP contribution in [0.15, 0.2) is 91.1 Å². The Balaban J connectivity index is 2.02. The molecular weight excluding hydrogens is 316 g/mol. The summed E-state index contributed by atoms with van der Waals surface area (Å²) < 4.78 is 1.99. The fraction of sp³-hybridized carbons (Fsp3) is 0.0417. The van der Waals surface area contributed by atoms with Gasteiger partial charge in [-0.2, -0.15) is 5.26 Å². The summed E-state index contributed by atoms with van der Waals surface area (Å²) in [5, 5.41) is 9.97. The Morgan fingerprint density at radius 3 is 1.88 bits per heavy atom. The largest absolute Gasteiger partial charge is 0.307 e. The molecule has 0 radical (unpaired) electrons. The van der Waals surface area contributed by atoms with Crippen molar-refractivity contribution in [3.63, 3.8) is 0 Å². The molecule has 0 N–H and O–H groups in total. The topological polar surface area (TPSA) is 28.7 Å². The maximum Gasteiger partial charge on any atom is 0.133 e. The van der Waals surface area contributed by atoms with Gasteiger partial charge in [0.2, 0.25) is 0 Å². The van der Waals surface area contributed by atoms with E-state index >= 15 is 0 Å². The Morgan fingerprint density at radius 2 is 1.31 bits per heavy atom. The smallest absolute Gasteiger partial charge is 0.133 e. The van der Waals surface area contributed by atoms with E-state index in [1.165, 1.54) is 5.56 Å². The highest BCUT2D eigenvalue weighted by atomic mass is 15.0. The fourth-order valence-corrected chi connectivity index (χ4v) is 3.26. The normalized spacial score (nSPS) is 10.5. The number of hydrogen-bond donors (Lipinski definition) is 0. The summed E-state index contributed by atoms with van der Waals surface area (Å²) in [6.07, 6.45) is 2.07. The zero-order valence-corrected chi connectivity index (χ0v) is 14.6. The second-order valence-electron chi connectivity index (χ2n) is 6.32. The molecule has 2 heteroatoms. The molecule has 1 aromatic heterocycles. The SMILES string of the molecule is Cc1ccc(-n2cc(-c3ccccc3)c(-c3ccccc3)c2C#N)cc1. The van der Waals surface area contributed by atoms with Crippen LogP contribution in [0.3, 0.4) is 0 Å². The van der Waals surface area contributed by atoms with E-state index in [9.17, 15) is 5.26 Å². The highest BCUT2D eigenvalue weighted by Gasteiger charge is 2.19. The van der Waals surface area contributed by atoms with Crippen molar-refractivity contribution in [2.45, 2.75) is 6.92 Å². The van der Waals surface area contributed by atoms with Gasteiger partial charge in [0.15, 0.2) is 0 Å². The van der Waals surface area contributed by atoms with E-state index in [1.807, 2.05) is 41.0 Å². The third kappa shape index (κ3) is 2.81. The molecule has 0 aliphatic carbocycles. The summed E-state index contributed by atoms with van der Waals surface area (Å²) in [5.41, 5.74) is 7.03. The van der Waals surface area contributed by atoms with Crippen molar-refractivity contribution >= 4 is 0 Å². The lowest BCUT2D eigenvalue weighted by Gasteiger charge is -2.07. The van der Waals surface area contributed by atoms with Gasteiger partial charge in [0.25, 0.3) is 0 Å². The maximum atomic E-state index is 9.97. The molecule has 0 saturated heterocycles. The van der Waals surface area contributed by atoms with Crippen LogP contribution >= 0.6 is 0 Å². The molecule has 0 unspecified atom stereocenters. The van der Waals surface area contributed by atoms with Crippen molar-refractivity contribution < 1.29 is 0 Å². The Kier molecular flexibility index (Phi) is 4.13. The highest BCUT2D eigenvalue weighted by molar-refractivity contribution is 5.87. The predicted molar refractivity (Wildman–Crippen MR) is 106 cm³/mol. The molecule has 0 bridgehead atoms. The minimum absolute atomic E-state index is 0.652. The van der Waals surface area contributed by atoms with Gasteiger partial charge in [0.05, 0.1) is 0 Å². The van der Waals surface area contributed by atoms with Crippen molar-refractivity contribution in [3.8, 4) is 34.0 Å². The van der Waals surface area contributed by atoms with Crippen LogP contribution in [-0.4, -0.2) is 4.57 Å². The second kappa shape index (κ2) is 6.74. The first-order valence-electron chi connectivity index (χ1n) is 8.61. The summed E-state index contributed by atoms with van der Waals surface area (Å²) >= 11 is 0. The maximum absolute atomic E-state index is 9.97. The lowest BCUT2D eigenvalue weighted by atomic mass is 9.97. The number of aromatic nitrogens is 1. The predicted octanol–water partition coefficient (Wildman–Crippen LogP) is 5.99. The van der Waals surface area contributed by atoms with Gasteiger partial charge >= 0.3 is 0 Å². The highest BCUT2D eigenvalue weighted by Crippen LogP contribution is 2.37. The number of nitrogens with zero attached hydrogens (tertiary/aromatic N) is 2. The van der Waals surface area contributed by atoms with Crippen molar-refractivity contribution in [3.05, 3.63) is 102 Å². The van der Waals surface area contributed by atoms with Crippen molar-refractivity contribution in [1.29, 1.82) is 5.26 Å². The van der Waals surface area contributed by atoms with Gasteiger partial charge in [-0.05, 0) is 30.2 Å². The third-order valence-electron chi connectivity index (χ3n) is 4.57. The van der Waals surface area contributed by atoms with Crippen LogP contribution in [0.2, 0.25) is 0 Å². The third-order valence-corrected chi connectivity index (χ3v) is 4.57. The number of hydrogen-bond acceptors (Lipinski definition) is 1. The molecule has 1 heterocycles. The zero-order valence-electron chi connectivity index (χ0n) is 14.6. The number of aryl methyl sites for hydroxylation is 1. The van der Waals surface area contributed by atoms with Crippen LogP contribution < -0.4 is 0 Å². The van der Waals surface area contributed by atoms with Crippen molar-refractivity contribution in [1.82, 2.24) is 4.57 Å². The average molecular weight is 334 g/mol. The monoisotopic (exact) mass is 334 g/mol. The number of nitriles is 1. The molecule has 0 aliphatic heterocycles. The van der Waals surface area contributed by atoms with E-state index in [4.69, 9.17) is 0 Å². The average Bonchev–Trinajstić information content (AvgIpc) is 3.09. The molecule has 4 rings (SSSR count). The lowest BCUT2D eigenvalue weighted by Crippen LogP contribution is -1.96. The van der Waals surface area contributed by atoms with E-state index in [-0.39, 0.29) is 0 Å². The van der Waals surface area contributed by atoms with Gasteiger partial charge in [-0.15, -0.1) is 0 Å². The van der Waals surface area contributed by atoms with Crippen molar-refractivity contribution in [2.75, 3.05) is 0 Å². The Bertz CT molecular complexity index is 1070. The molecule has 0 amide bonds. The van der Waals surface area contributed by atoms with E-state index in [1.54, 1.807) is 0 Å². The van der Waals surface area contributed by atoms with Crippen LogP contribution in [0.1, 0.15) is 11.3 Å². The molecule has 0 atom stereocenters. The Morgan fingerprint density at radius 1 is 0.731 bits per heavy atom. The van der Waals surface area contributed by atoms with E-state index in [0.29, 0.717) is 5.69 Å². The lowest BCUT2D eigenvalue weighted by molar-refractivity contribution is 1.05. The second-order valence-corrected chi connectivity index (χ2v) is 6.32. The first kappa shape index (κ1) is 15.9. The van der Waals surface area contributed by atoms with Crippen LogP contribution in [0.25, 0.3) is 27.9 Å². The first-order valence-corrected chi connectivity index (χ1v) is 8.61. The van der Waals surface area contributed by atoms with Gasteiger partial charge < -0.3 is 4.57 Å². The molecule has 3 aromatic carbocycles. The summed E-state index contributed by atoms with van der Waals surface area (Å²) in [4.78, 5) is 0. The van der Waals surface area contributed by atoms with Gasteiger partial charge in [-0.1, -0.05) is 78.4 Å². The molecular formula is C24H18N2. The summed E-state index contributed by atoms with van der Waals surface area (Å²) in [6, 6.07) is 31.0. The molecule has 0 aliphatic rings. The van der Waals surface area contributed by atoms with Crippen LogP contribution in [-0.2, 0) is 0 Å². The van der Waals surface area contributed by atoms with E-state index in [0.717, 1.165) is 27.9 Å². The first-order chi connectivity index (χ1) is 12.8. The van der Waals surface area contributed by atoms with Gasteiger partial charge in [-0.3, -0.25) is 0 Å². The van der Waals surface area contributed by atoms with Crippen LogP contribution in [0.4, 0.5) is 0 Å². The molecule has 0 spiro atoms. The number of rotatable bonds is 3. The van der Waals surface area contributed by atoms with Crippen molar-refractivity contribution in [2.24, 2.45) is 0 Å². The number of benzene rings is 3. The quantitative estimate of drug-likeness (QED) is 0.452. The van der Waals surface area contributed by atoms with Crippen LogP contribution in [0.5, 0.6) is 0 Å². The minimum atomic E-state index is 0.652. The molecule has 2 nitrogen and oxygen atoms in total. The van der Waals surface area contributed by atoms with E-state index < -0.39 is 0 Å². The summed E-state index contributed by atoms with van der Waals surface area (Å²) in [5.74, 6) is 0. The zero-order chi connectivity index (χ0) is 17.9. The van der Waals surface area contributed by atoms with Gasteiger partial charge in [-0.25, -0.2) is 0 Å². The fourth-order valence-electron chi connectivity index (χ4n) is 3.26. The molecule has 0 saturated carbocycles. The summed E-state index contributed by atoms with van der Waals surface area (Å²) in [7, 11) is 0. The summed E-state index contributed by atoms with van der Waals surface area (Å²) in [6.45, 7) is 2.06. The van der Waals surface area contributed by atoms with Crippen LogP contribution in [0, 0.1) is 18.3 Å². The van der Waals surface area contributed by atoms with E-state index in [2.05, 4.69) is 67.7 Å². The Labute approximate surface area is 153 Å². The Hall–Kier alpha value is -3.57. The molecule has 124 valence electrons. The van der Waals surface area contributed by atoms with Gasteiger partial charge in [0, 0.05) is 23.0 Å². The standard InChI is InChI=1S/C24H18N2/c1-18-12-14-21(15-13-18)26-17-22(19-8-4-2-5-9-19)24(23(26)16-25)20-10-6-3-7-11-20/h2-15,17H,1H3. The molecule has 0 fully saturated rings.